The highest BCUT2D eigenvalue weighted by atomic mass is 14.6. The van der Waals surface area contributed by atoms with Crippen LogP contribution in [0, 0.1) is 35.5 Å². The molecule has 0 nitrogen and oxygen atoms in total. The van der Waals surface area contributed by atoms with Gasteiger partial charge in [-0.2, -0.15) is 0 Å². The summed E-state index contributed by atoms with van der Waals surface area (Å²) in [6.45, 7) is 4.79. The van der Waals surface area contributed by atoms with Crippen LogP contribution < -0.4 is 0 Å². The molecule has 0 spiro atoms. The fraction of sp³-hybridized carbons (Fsp3) is 0.397. The minimum absolute atomic E-state index is 0.0302. The van der Waals surface area contributed by atoms with Gasteiger partial charge in [0.1, 0.15) is 0 Å². The Bertz CT molecular complexity index is 3550. The van der Waals surface area contributed by atoms with Crippen LogP contribution in [0.5, 0.6) is 0 Å². The van der Waals surface area contributed by atoms with Crippen molar-refractivity contribution in [2.24, 2.45) is 35.5 Å². The first kappa shape index (κ1) is 42.6. The van der Waals surface area contributed by atoms with E-state index in [1.54, 1.807) is 22.3 Å². The van der Waals surface area contributed by atoms with Crippen molar-refractivity contribution in [1.29, 1.82) is 0 Å². The van der Waals surface area contributed by atoms with Crippen LogP contribution in [0.25, 0.3) is 98.0 Å². The zero-order valence-corrected chi connectivity index (χ0v) is 43.4. The molecule has 0 amide bonds. The Morgan fingerprint density at radius 1 is 0.342 bits per heavy atom. The Labute approximate surface area is 432 Å². The van der Waals surface area contributed by atoms with Crippen molar-refractivity contribution < 1.29 is 0 Å². The van der Waals surface area contributed by atoms with Gasteiger partial charge < -0.3 is 0 Å². The summed E-state index contributed by atoms with van der Waals surface area (Å²) in [5.41, 5.74) is 15.6. The normalized spacial score (nSPS) is 28.3. The number of benzene rings is 10. The van der Waals surface area contributed by atoms with E-state index < -0.39 is 0 Å². The summed E-state index contributed by atoms with van der Waals surface area (Å²) in [5, 5.41) is 17.2. The van der Waals surface area contributed by atoms with Crippen LogP contribution in [-0.2, 0) is 16.2 Å². The smallest absolute Gasteiger partial charge is 0.0215 e. The SMILES string of the molecule is CCCCC1(CCCC)c2cc(-c3ccc4ccc5cc(C67CC8CC(CC(C8)C6)C7)cc6ccc3c4c56)ccc2-c2ccc(-c3ccc4ccc5cc(C67CC8CC(CC(C8)C6)C7)cc6ccc3c4c56)cc21. The average Bonchev–Trinajstić information content (AvgIpc) is 3.67. The zero-order valence-electron chi connectivity index (χ0n) is 43.4. The summed E-state index contributed by atoms with van der Waals surface area (Å²) in [4.78, 5) is 0. The van der Waals surface area contributed by atoms with Gasteiger partial charge in [-0.1, -0.05) is 161 Å². The Morgan fingerprint density at radius 2 is 0.671 bits per heavy atom. The zero-order chi connectivity index (χ0) is 48.0. The van der Waals surface area contributed by atoms with Crippen LogP contribution in [0.2, 0.25) is 0 Å². The molecule has 73 heavy (non-hydrogen) atoms. The van der Waals surface area contributed by atoms with E-state index in [9.17, 15) is 0 Å². The van der Waals surface area contributed by atoms with Gasteiger partial charge >= 0.3 is 0 Å². The van der Waals surface area contributed by atoms with Gasteiger partial charge in [0.15, 0.2) is 0 Å². The lowest BCUT2D eigenvalue weighted by molar-refractivity contribution is -0.00520. The van der Waals surface area contributed by atoms with Crippen molar-refractivity contribution in [3.63, 3.8) is 0 Å². The second-order valence-corrected chi connectivity index (χ2v) is 26.6. The minimum atomic E-state index is -0.0302. The van der Waals surface area contributed by atoms with E-state index in [1.165, 1.54) is 214 Å². The molecule has 8 fully saturated rings. The average molecular weight is 947 g/mol. The predicted molar refractivity (Wildman–Crippen MR) is 310 cm³/mol. The van der Waals surface area contributed by atoms with Gasteiger partial charge in [0.05, 0.1) is 0 Å². The molecule has 0 unspecified atom stereocenters. The summed E-state index contributed by atoms with van der Waals surface area (Å²) in [5.74, 6) is 5.71. The second-order valence-electron chi connectivity index (χ2n) is 26.6. The van der Waals surface area contributed by atoms with Gasteiger partial charge in [0.2, 0.25) is 0 Å². The molecule has 0 aromatic heterocycles. The summed E-state index contributed by atoms with van der Waals surface area (Å²) in [6.07, 6.45) is 24.7. The van der Waals surface area contributed by atoms with E-state index in [1.807, 2.05) is 0 Å². The second kappa shape index (κ2) is 15.2. The van der Waals surface area contributed by atoms with E-state index in [0.29, 0.717) is 10.8 Å². The molecule has 0 aliphatic heterocycles. The van der Waals surface area contributed by atoms with Gasteiger partial charge in [0.25, 0.3) is 0 Å². The van der Waals surface area contributed by atoms with E-state index in [0.717, 1.165) is 35.5 Å². The molecule has 0 heterocycles. The molecule has 0 heteroatoms. The van der Waals surface area contributed by atoms with Gasteiger partial charge in [-0.3, -0.25) is 0 Å². The number of hydrogen-bond donors (Lipinski definition) is 0. The van der Waals surface area contributed by atoms with Crippen LogP contribution in [0.15, 0.2) is 133 Å². The number of rotatable bonds is 10. The Morgan fingerprint density at radius 3 is 1.04 bits per heavy atom. The third kappa shape index (κ3) is 5.96. The monoisotopic (exact) mass is 947 g/mol. The Hall–Kier alpha value is -5.72. The van der Waals surface area contributed by atoms with Crippen LogP contribution in [0.4, 0.5) is 0 Å². The first-order valence-electron chi connectivity index (χ1n) is 29.6. The molecule has 8 bridgehead atoms. The van der Waals surface area contributed by atoms with Gasteiger partial charge in [-0.15, -0.1) is 0 Å². The maximum atomic E-state index is 2.67. The summed E-state index contributed by atoms with van der Waals surface area (Å²) in [7, 11) is 0. The van der Waals surface area contributed by atoms with Crippen LogP contribution >= 0.6 is 0 Å². The highest BCUT2D eigenvalue weighted by Gasteiger charge is 2.53. The molecule has 10 aromatic rings. The van der Waals surface area contributed by atoms with E-state index >= 15 is 0 Å². The Kier molecular flexibility index (Phi) is 8.88. The van der Waals surface area contributed by atoms with Crippen molar-refractivity contribution in [3.8, 4) is 33.4 Å². The lowest BCUT2D eigenvalue weighted by Gasteiger charge is -2.57. The maximum Gasteiger partial charge on any atom is 0.0215 e. The molecule has 10 aromatic carbocycles. The van der Waals surface area contributed by atoms with Crippen LogP contribution in [-0.4, -0.2) is 0 Å². The first-order chi connectivity index (χ1) is 35.8. The van der Waals surface area contributed by atoms with Crippen molar-refractivity contribution in [2.75, 3.05) is 0 Å². The van der Waals surface area contributed by atoms with Crippen LogP contribution in [0.1, 0.15) is 152 Å². The predicted octanol–water partition coefficient (Wildman–Crippen LogP) is 20.4. The molecule has 19 rings (SSSR count). The summed E-state index contributed by atoms with van der Waals surface area (Å²) < 4.78 is 0. The quantitative estimate of drug-likeness (QED) is 0.120. The minimum Gasteiger partial charge on any atom is -0.0654 e. The topological polar surface area (TPSA) is 0 Å². The molecular formula is C73H70. The fourth-order valence-electron chi connectivity index (χ4n) is 20.1. The molecule has 0 radical (unpaired) electrons. The highest BCUT2D eigenvalue weighted by molar-refractivity contribution is 6.27. The highest BCUT2D eigenvalue weighted by Crippen LogP contribution is 2.63. The van der Waals surface area contributed by atoms with Gasteiger partial charge in [0, 0.05) is 5.41 Å². The Balaban J connectivity index is 0.779. The lowest BCUT2D eigenvalue weighted by atomic mass is 9.48. The summed E-state index contributed by atoms with van der Waals surface area (Å²) >= 11 is 0. The number of fused-ring (bicyclic) bond motifs is 3. The lowest BCUT2D eigenvalue weighted by Crippen LogP contribution is -2.48. The molecular weight excluding hydrogens is 877 g/mol. The van der Waals surface area contributed by atoms with E-state index in [2.05, 4.69) is 147 Å². The molecule has 0 N–H and O–H groups in total. The maximum absolute atomic E-state index is 2.67. The standard InChI is InChI=1S/C73H70/c1-3-5-23-73(24-6-4-2)65-35-51(59-17-11-49-7-9-53-31-57(33-55-15-21-63(59)69(49)67(53)55)71-37-43-25-44(38-71)27-45(26-43)39-71)13-19-61(65)62-20-14-52(36-66(62)73)60-18-12-50-8-10-54-32-58(34-56-16-22-64(60)70(50)68(54)56)72-40-46-28-47(41-72)30-48(29-46)42-72/h7-22,31-36,43-48H,3-6,23-30,37-42H2,1-2H3. The number of unbranched alkanes of at least 4 members (excludes halogenated alkanes) is 2. The third-order valence-corrected chi connectivity index (χ3v) is 22.4. The van der Waals surface area contributed by atoms with Crippen molar-refractivity contribution in [1.82, 2.24) is 0 Å². The fourth-order valence-corrected chi connectivity index (χ4v) is 20.1. The van der Waals surface area contributed by atoms with Crippen molar-refractivity contribution >= 4 is 64.6 Å². The molecule has 0 atom stereocenters. The van der Waals surface area contributed by atoms with Crippen molar-refractivity contribution in [3.05, 3.63) is 156 Å². The van der Waals surface area contributed by atoms with Gasteiger partial charge in [-0.25, -0.2) is 0 Å². The largest absolute Gasteiger partial charge is 0.0654 e. The molecule has 8 saturated carbocycles. The molecule has 9 aliphatic carbocycles. The molecule has 362 valence electrons. The van der Waals surface area contributed by atoms with E-state index in [-0.39, 0.29) is 5.41 Å². The summed E-state index contributed by atoms with van der Waals surface area (Å²) in [6, 6.07) is 55.4. The van der Waals surface area contributed by atoms with Crippen LogP contribution in [0.3, 0.4) is 0 Å². The third-order valence-electron chi connectivity index (χ3n) is 22.4. The van der Waals surface area contributed by atoms with E-state index in [4.69, 9.17) is 0 Å². The first-order valence-corrected chi connectivity index (χ1v) is 29.6. The molecule has 0 saturated heterocycles. The number of hydrogen-bond acceptors (Lipinski definition) is 0. The molecule has 9 aliphatic rings. The van der Waals surface area contributed by atoms with Gasteiger partial charge in [-0.05, 0) is 269 Å². The van der Waals surface area contributed by atoms with Crippen molar-refractivity contribution in [2.45, 2.75) is 146 Å².